The summed E-state index contributed by atoms with van der Waals surface area (Å²) >= 11 is 3.81. The van der Waals surface area contributed by atoms with Crippen LogP contribution in [0.2, 0.25) is 0 Å². The normalized spacial score (nSPS) is 13.4. The summed E-state index contributed by atoms with van der Waals surface area (Å²) in [6.07, 6.45) is 0. The number of furan rings is 1. The highest BCUT2D eigenvalue weighted by molar-refractivity contribution is 7.27. The van der Waals surface area contributed by atoms with Gasteiger partial charge in [0, 0.05) is 90.8 Å². The topological polar surface area (TPSA) is 21.3 Å². The van der Waals surface area contributed by atoms with Gasteiger partial charge in [-0.15, -0.1) is 22.7 Å². The molecule has 266 valence electrons. The molecular formula is C52H27BN2OS2. The monoisotopic (exact) mass is 770 g/mol. The zero-order valence-electron chi connectivity index (χ0n) is 30.8. The SMILES string of the molecule is c1ccc2c(c1)ccc1c3cccc4c3n(c21)-c1cc2c(oc3ccccc32)c2c1B4N(c1cccc3c1sc1ccccc13)c1ccc3c(sc4ccccc43)c1-2. The minimum absolute atomic E-state index is 0.121. The Kier molecular flexibility index (Phi) is 5.51. The molecule has 13 aromatic rings. The van der Waals surface area contributed by atoms with Gasteiger partial charge in [0.1, 0.15) is 11.2 Å². The van der Waals surface area contributed by atoms with E-state index in [1.807, 2.05) is 22.7 Å². The fourth-order valence-corrected chi connectivity index (χ4v) is 13.3. The van der Waals surface area contributed by atoms with Crippen LogP contribution >= 0.6 is 22.7 Å². The van der Waals surface area contributed by atoms with E-state index in [0.29, 0.717) is 0 Å². The second kappa shape index (κ2) is 10.5. The van der Waals surface area contributed by atoms with Crippen LogP contribution in [0.5, 0.6) is 0 Å². The van der Waals surface area contributed by atoms with E-state index in [0.717, 1.165) is 21.9 Å². The van der Waals surface area contributed by atoms with Gasteiger partial charge >= 0.3 is 6.85 Å². The summed E-state index contributed by atoms with van der Waals surface area (Å²) in [4.78, 5) is 2.70. The Hall–Kier alpha value is -6.86. The first-order valence-corrected chi connectivity index (χ1v) is 21.5. The molecule has 0 saturated heterocycles. The number of hydrogen-bond donors (Lipinski definition) is 0. The molecule has 6 heteroatoms. The maximum atomic E-state index is 7.13. The van der Waals surface area contributed by atoms with E-state index in [-0.39, 0.29) is 6.85 Å². The summed E-state index contributed by atoms with van der Waals surface area (Å²) in [5, 5.41) is 12.6. The first kappa shape index (κ1) is 30.3. The number of thiophene rings is 2. The van der Waals surface area contributed by atoms with Crippen molar-refractivity contribution in [2.24, 2.45) is 0 Å². The molecule has 6 heterocycles. The van der Waals surface area contributed by atoms with Crippen LogP contribution in [0.15, 0.2) is 168 Å². The zero-order valence-corrected chi connectivity index (χ0v) is 32.4. The van der Waals surface area contributed by atoms with Gasteiger partial charge in [-0.2, -0.15) is 0 Å². The van der Waals surface area contributed by atoms with Gasteiger partial charge in [0.25, 0.3) is 0 Å². The summed E-state index contributed by atoms with van der Waals surface area (Å²) < 4.78 is 15.0. The Labute approximate surface area is 339 Å². The van der Waals surface area contributed by atoms with E-state index in [1.54, 1.807) is 0 Å². The number of fused-ring (bicyclic) bond motifs is 20. The van der Waals surface area contributed by atoms with Crippen LogP contribution in [0.1, 0.15) is 0 Å². The van der Waals surface area contributed by atoms with E-state index in [1.165, 1.54) is 112 Å². The lowest BCUT2D eigenvalue weighted by atomic mass is 9.44. The number of benzene rings is 9. The second-order valence-electron chi connectivity index (χ2n) is 15.9. The molecule has 0 unspecified atom stereocenters. The van der Waals surface area contributed by atoms with Crippen LogP contribution in [0, 0.1) is 0 Å². The van der Waals surface area contributed by atoms with Crippen LogP contribution in [-0.2, 0) is 0 Å². The van der Waals surface area contributed by atoms with Crippen molar-refractivity contribution < 1.29 is 4.42 Å². The molecule has 2 aliphatic rings. The minimum atomic E-state index is -0.121. The quantitative estimate of drug-likeness (QED) is 0.155. The number of anilines is 2. The summed E-state index contributed by atoms with van der Waals surface area (Å²) in [5.41, 5.74) is 13.2. The third kappa shape index (κ3) is 3.55. The lowest BCUT2D eigenvalue weighted by molar-refractivity contribution is 0.670. The van der Waals surface area contributed by atoms with Gasteiger partial charge in [-0.25, -0.2) is 0 Å². The third-order valence-corrected chi connectivity index (χ3v) is 15.6. The van der Waals surface area contributed by atoms with Crippen molar-refractivity contribution in [1.82, 2.24) is 4.57 Å². The van der Waals surface area contributed by atoms with Gasteiger partial charge in [0.05, 0.1) is 15.7 Å². The molecule has 9 aromatic carbocycles. The summed E-state index contributed by atoms with van der Waals surface area (Å²) in [5.74, 6) is 0. The van der Waals surface area contributed by atoms with Gasteiger partial charge in [0.15, 0.2) is 0 Å². The smallest absolute Gasteiger partial charge is 0.333 e. The van der Waals surface area contributed by atoms with Gasteiger partial charge in [-0.05, 0) is 52.7 Å². The van der Waals surface area contributed by atoms with Crippen LogP contribution in [-0.4, -0.2) is 11.4 Å². The van der Waals surface area contributed by atoms with Crippen LogP contribution in [0.4, 0.5) is 11.4 Å². The molecule has 0 N–H and O–H groups in total. The summed E-state index contributed by atoms with van der Waals surface area (Å²) in [6.45, 7) is -0.121. The largest absolute Gasteiger partial charge is 0.455 e. The molecule has 3 nitrogen and oxygen atoms in total. The maximum absolute atomic E-state index is 7.13. The van der Waals surface area contributed by atoms with Crippen molar-refractivity contribution in [3.05, 3.63) is 164 Å². The predicted octanol–water partition coefficient (Wildman–Crippen LogP) is 13.8. The molecule has 4 aromatic heterocycles. The Morgan fingerprint density at radius 2 is 1.09 bits per heavy atom. The Bertz CT molecular complexity index is 4020. The second-order valence-corrected chi connectivity index (χ2v) is 18.0. The van der Waals surface area contributed by atoms with Gasteiger partial charge in [-0.3, -0.25) is 0 Å². The highest BCUT2D eigenvalue weighted by atomic mass is 32.1. The van der Waals surface area contributed by atoms with Crippen molar-refractivity contribution in [2.45, 2.75) is 0 Å². The van der Waals surface area contributed by atoms with Crippen LogP contribution in [0.3, 0.4) is 0 Å². The minimum Gasteiger partial charge on any atom is -0.455 e. The molecule has 0 spiro atoms. The number of rotatable bonds is 1. The van der Waals surface area contributed by atoms with Crippen molar-refractivity contribution in [1.29, 1.82) is 0 Å². The van der Waals surface area contributed by atoms with E-state index >= 15 is 0 Å². The third-order valence-electron chi connectivity index (χ3n) is 13.1. The lowest BCUT2D eigenvalue weighted by Crippen LogP contribution is -2.60. The Morgan fingerprint density at radius 1 is 0.431 bits per heavy atom. The average Bonchev–Trinajstić information content (AvgIpc) is 4.04. The van der Waals surface area contributed by atoms with E-state index in [4.69, 9.17) is 4.42 Å². The molecule has 0 atom stereocenters. The van der Waals surface area contributed by atoms with E-state index < -0.39 is 0 Å². The molecule has 0 amide bonds. The fourth-order valence-electron chi connectivity index (χ4n) is 10.9. The molecule has 2 aliphatic heterocycles. The van der Waals surface area contributed by atoms with Crippen molar-refractivity contribution in [2.75, 3.05) is 4.81 Å². The van der Waals surface area contributed by atoms with Crippen molar-refractivity contribution in [3.8, 4) is 16.8 Å². The molecule has 0 fully saturated rings. The van der Waals surface area contributed by atoms with Crippen molar-refractivity contribution in [3.63, 3.8) is 0 Å². The van der Waals surface area contributed by atoms with E-state index in [2.05, 4.69) is 173 Å². The van der Waals surface area contributed by atoms with Gasteiger partial charge < -0.3 is 13.8 Å². The van der Waals surface area contributed by atoms with Crippen molar-refractivity contribution >= 4 is 147 Å². The molecule has 0 saturated carbocycles. The number of aromatic nitrogens is 1. The summed E-state index contributed by atoms with van der Waals surface area (Å²) in [7, 11) is 0. The maximum Gasteiger partial charge on any atom is 0.333 e. The fraction of sp³-hybridized carbons (Fsp3) is 0. The first-order chi connectivity index (χ1) is 28.8. The molecule has 0 radical (unpaired) electrons. The van der Waals surface area contributed by atoms with Crippen LogP contribution < -0.4 is 15.7 Å². The molecule has 58 heavy (non-hydrogen) atoms. The van der Waals surface area contributed by atoms with E-state index in [9.17, 15) is 0 Å². The number of nitrogens with zero attached hydrogens (tertiary/aromatic N) is 2. The van der Waals surface area contributed by atoms with Gasteiger partial charge in [0.2, 0.25) is 0 Å². The molecular weight excluding hydrogens is 744 g/mol. The highest BCUT2D eigenvalue weighted by Crippen LogP contribution is 2.54. The summed E-state index contributed by atoms with van der Waals surface area (Å²) in [6, 6.07) is 61.1. The molecule has 0 bridgehead atoms. The lowest BCUT2D eigenvalue weighted by Gasteiger charge is -2.42. The standard InChI is InChI=1S/C52H27BN2OS2/c1-2-12-29-28(11-1)23-24-34-33-16-9-18-38-49(33)54(48(29)34)41-27-37-30-13-3-6-20-42(30)56-50(37)46-45-39(26-25-36-32-15-5-8-22-44(32)58-52(36)45)55(53(38)47(41)46)40-19-10-17-35-31-14-4-7-21-43(31)57-51(35)40/h1-27H. The first-order valence-electron chi connectivity index (χ1n) is 19.9. The van der Waals surface area contributed by atoms with Gasteiger partial charge in [-0.1, -0.05) is 127 Å². The number of para-hydroxylation sites is 2. The Morgan fingerprint density at radius 3 is 1.95 bits per heavy atom. The van der Waals surface area contributed by atoms with Crippen LogP contribution in [0.25, 0.3) is 112 Å². The molecule has 15 rings (SSSR count). The Balaban J connectivity index is 1.21. The highest BCUT2D eigenvalue weighted by Gasteiger charge is 2.46. The average molecular weight is 771 g/mol. The zero-order chi connectivity index (χ0) is 37.4. The molecule has 0 aliphatic carbocycles. The number of hydrogen-bond acceptors (Lipinski definition) is 4. The predicted molar refractivity (Wildman–Crippen MR) is 250 cm³/mol.